The van der Waals surface area contributed by atoms with Crippen molar-refractivity contribution in [2.45, 2.75) is 29.0 Å². The van der Waals surface area contributed by atoms with E-state index in [2.05, 4.69) is 25.3 Å². The van der Waals surface area contributed by atoms with E-state index in [1.165, 1.54) is 31.3 Å². The molecule has 1 fully saturated rings. The molecule has 9 nitrogen and oxygen atoms in total. The Morgan fingerprint density at radius 1 is 1.41 bits per heavy atom. The number of hydrogen-bond acceptors (Lipinski definition) is 8. The molecule has 0 radical (unpaired) electrons. The van der Waals surface area contributed by atoms with Crippen molar-refractivity contribution in [3.05, 3.63) is 24.5 Å². The van der Waals surface area contributed by atoms with Crippen molar-refractivity contribution in [1.82, 2.24) is 19.9 Å². The number of fused-ring (bicyclic) bond motifs is 1. The van der Waals surface area contributed by atoms with Crippen LogP contribution in [0.25, 0.3) is 11.2 Å². The second kappa shape index (κ2) is 6.62. The molecule has 0 saturated heterocycles. The minimum absolute atomic E-state index is 0.0151. The molecule has 4 rings (SSSR count). The number of aromatic hydroxyl groups is 1. The highest BCUT2D eigenvalue weighted by molar-refractivity contribution is 8.01. The lowest BCUT2D eigenvalue weighted by molar-refractivity contribution is -0.120. The van der Waals surface area contributed by atoms with Crippen LogP contribution in [-0.2, 0) is 4.79 Å². The number of amides is 1. The van der Waals surface area contributed by atoms with Gasteiger partial charge < -0.3 is 25.9 Å². The molecule has 1 aliphatic carbocycles. The first-order chi connectivity index (χ1) is 13.0. The van der Waals surface area contributed by atoms with Crippen molar-refractivity contribution in [3.63, 3.8) is 0 Å². The largest absolute Gasteiger partial charge is 0.504 e. The van der Waals surface area contributed by atoms with Gasteiger partial charge in [-0.15, -0.1) is 0 Å². The molecule has 0 atom stereocenters. The summed E-state index contributed by atoms with van der Waals surface area (Å²) in [4.78, 5) is 28.5. The number of carbonyl (C=O) groups excluding carboxylic acids is 1. The third-order valence-electron chi connectivity index (χ3n) is 4.57. The number of nitrogens with one attached hydrogen (secondary N) is 2. The standard InChI is InChI=1S/C17H18N6O3S/c1-26-11-7-9(3-4-10(11)24)21-15(25)17(5-2-6-17)27-14-12-13(20-8-19-12)22-16(18)23-14/h3-4,7-8,24H,2,5-6H2,1H3,(H,21,25)(H3,18,19,20,22,23). The highest BCUT2D eigenvalue weighted by Crippen LogP contribution is 2.49. The maximum absolute atomic E-state index is 13.0. The molecule has 3 aromatic rings. The fraction of sp³-hybridized carbons (Fsp3) is 0.294. The number of nitrogen functional groups attached to an aromatic ring is 1. The van der Waals surface area contributed by atoms with Gasteiger partial charge >= 0.3 is 0 Å². The maximum Gasteiger partial charge on any atom is 0.241 e. The summed E-state index contributed by atoms with van der Waals surface area (Å²) < 4.78 is 4.44. The van der Waals surface area contributed by atoms with Crippen molar-refractivity contribution in [1.29, 1.82) is 0 Å². The molecule has 0 aliphatic heterocycles. The van der Waals surface area contributed by atoms with Crippen molar-refractivity contribution < 1.29 is 14.6 Å². The van der Waals surface area contributed by atoms with Gasteiger partial charge in [0.1, 0.15) is 15.3 Å². The zero-order chi connectivity index (χ0) is 19.0. The number of carbonyl (C=O) groups is 1. The Labute approximate surface area is 158 Å². The molecule has 2 heterocycles. The van der Waals surface area contributed by atoms with E-state index in [0.29, 0.717) is 27.6 Å². The summed E-state index contributed by atoms with van der Waals surface area (Å²) in [7, 11) is 1.46. The van der Waals surface area contributed by atoms with Crippen LogP contribution in [0.3, 0.4) is 0 Å². The zero-order valence-corrected chi connectivity index (χ0v) is 15.3. The number of rotatable bonds is 5. The SMILES string of the molecule is COc1cc(NC(=O)C2(Sc3nc(N)nc4nc[nH]c34)CCC2)ccc1O. The van der Waals surface area contributed by atoms with Crippen molar-refractivity contribution in [2.75, 3.05) is 18.2 Å². The van der Waals surface area contributed by atoms with E-state index >= 15 is 0 Å². The number of thioether (sulfide) groups is 1. The van der Waals surface area contributed by atoms with Crippen LogP contribution in [0.15, 0.2) is 29.6 Å². The first-order valence-electron chi connectivity index (χ1n) is 8.35. The van der Waals surface area contributed by atoms with Gasteiger partial charge in [0.15, 0.2) is 17.1 Å². The van der Waals surface area contributed by atoms with Crippen molar-refractivity contribution >= 4 is 40.5 Å². The number of nitrogens with zero attached hydrogens (tertiary/aromatic N) is 3. The summed E-state index contributed by atoms with van der Waals surface area (Å²) in [5.74, 6) is 0.304. The van der Waals surface area contributed by atoms with E-state index in [0.717, 1.165) is 19.3 Å². The van der Waals surface area contributed by atoms with Gasteiger partial charge in [0.2, 0.25) is 11.9 Å². The Bertz CT molecular complexity index is 1020. The first-order valence-corrected chi connectivity index (χ1v) is 9.16. The average Bonchev–Trinajstić information content (AvgIpc) is 3.07. The highest BCUT2D eigenvalue weighted by Gasteiger charge is 2.46. The van der Waals surface area contributed by atoms with Gasteiger partial charge in [0.25, 0.3) is 0 Å². The molecule has 0 unspecified atom stereocenters. The minimum atomic E-state index is -0.649. The quantitative estimate of drug-likeness (QED) is 0.387. The third kappa shape index (κ3) is 3.12. The Hall–Kier alpha value is -3.01. The Morgan fingerprint density at radius 3 is 2.93 bits per heavy atom. The topological polar surface area (TPSA) is 139 Å². The van der Waals surface area contributed by atoms with Gasteiger partial charge in [-0.25, -0.2) is 9.97 Å². The number of ether oxygens (including phenoxy) is 1. The number of aromatic nitrogens is 4. The van der Waals surface area contributed by atoms with Crippen LogP contribution in [0.4, 0.5) is 11.6 Å². The molecule has 10 heteroatoms. The lowest BCUT2D eigenvalue weighted by Crippen LogP contribution is -2.45. The molecule has 140 valence electrons. The number of methoxy groups -OCH3 is 1. The number of benzene rings is 1. The second-order valence-corrected chi connectivity index (χ2v) is 7.65. The van der Waals surface area contributed by atoms with E-state index < -0.39 is 4.75 Å². The number of H-pyrrole nitrogens is 1. The molecule has 5 N–H and O–H groups in total. The fourth-order valence-corrected chi connectivity index (χ4v) is 4.35. The molecule has 1 saturated carbocycles. The fourth-order valence-electron chi connectivity index (χ4n) is 2.96. The first kappa shape index (κ1) is 17.4. The molecule has 27 heavy (non-hydrogen) atoms. The number of imidazole rings is 1. The minimum Gasteiger partial charge on any atom is -0.504 e. The van der Waals surface area contributed by atoms with Crippen LogP contribution < -0.4 is 15.8 Å². The smallest absolute Gasteiger partial charge is 0.241 e. The summed E-state index contributed by atoms with van der Waals surface area (Å²) in [6.07, 6.45) is 3.92. The van der Waals surface area contributed by atoms with E-state index in [4.69, 9.17) is 10.5 Å². The highest BCUT2D eigenvalue weighted by atomic mass is 32.2. The van der Waals surface area contributed by atoms with Gasteiger partial charge in [0, 0.05) is 11.8 Å². The lowest BCUT2D eigenvalue weighted by atomic mass is 9.83. The molecule has 1 amide bonds. The monoisotopic (exact) mass is 386 g/mol. The Kier molecular flexibility index (Phi) is 4.27. The normalized spacial score (nSPS) is 15.3. The van der Waals surface area contributed by atoms with Crippen LogP contribution in [0, 0.1) is 0 Å². The molecule has 0 spiro atoms. The number of aromatic amines is 1. The number of hydrogen-bond donors (Lipinski definition) is 4. The van der Waals surface area contributed by atoms with Gasteiger partial charge in [0.05, 0.1) is 13.4 Å². The van der Waals surface area contributed by atoms with Crippen LogP contribution in [0.5, 0.6) is 11.5 Å². The predicted molar refractivity (Wildman–Crippen MR) is 102 cm³/mol. The lowest BCUT2D eigenvalue weighted by Gasteiger charge is -2.39. The van der Waals surface area contributed by atoms with Gasteiger partial charge in [-0.05, 0) is 31.4 Å². The van der Waals surface area contributed by atoms with Crippen molar-refractivity contribution in [3.8, 4) is 11.5 Å². The number of phenolic OH excluding ortho intramolecular Hbond substituents is 1. The predicted octanol–water partition coefficient (Wildman–Crippen LogP) is 2.30. The molecule has 1 aromatic carbocycles. The Morgan fingerprint density at radius 2 is 2.22 bits per heavy atom. The number of anilines is 2. The number of nitrogens with two attached hydrogens (primary N) is 1. The van der Waals surface area contributed by atoms with E-state index in [1.54, 1.807) is 12.1 Å². The van der Waals surface area contributed by atoms with E-state index in [-0.39, 0.29) is 17.6 Å². The second-order valence-electron chi connectivity index (χ2n) is 6.28. The molecular formula is C17H18N6O3S. The zero-order valence-electron chi connectivity index (χ0n) is 14.5. The third-order valence-corrected chi connectivity index (χ3v) is 6.05. The van der Waals surface area contributed by atoms with Crippen LogP contribution in [0.2, 0.25) is 0 Å². The maximum atomic E-state index is 13.0. The van der Waals surface area contributed by atoms with E-state index in [1.807, 2.05) is 0 Å². The van der Waals surface area contributed by atoms with E-state index in [9.17, 15) is 9.90 Å². The van der Waals surface area contributed by atoms with Gasteiger partial charge in [-0.3, -0.25) is 4.79 Å². The summed E-state index contributed by atoms with van der Waals surface area (Å²) in [6, 6.07) is 4.69. The molecule has 1 aliphatic rings. The molecule has 2 aromatic heterocycles. The average molecular weight is 386 g/mol. The van der Waals surface area contributed by atoms with Crippen LogP contribution in [-0.4, -0.2) is 42.8 Å². The molecule has 0 bridgehead atoms. The van der Waals surface area contributed by atoms with Gasteiger partial charge in [-0.2, -0.15) is 4.98 Å². The van der Waals surface area contributed by atoms with Gasteiger partial charge in [-0.1, -0.05) is 11.8 Å². The summed E-state index contributed by atoms with van der Waals surface area (Å²) in [5, 5.41) is 13.2. The molecular weight excluding hydrogens is 368 g/mol. The van der Waals surface area contributed by atoms with Crippen LogP contribution >= 0.6 is 11.8 Å². The Balaban J connectivity index is 1.60. The van der Waals surface area contributed by atoms with Crippen LogP contribution in [0.1, 0.15) is 19.3 Å². The summed E-state index contributed by atoms with van der Waals surface area (Å²) in [5.41, 5.74) is 7.47. The summed E-state index contributed by atoms with van der Waals surface area (Å²) >= 11 is 1.37. The summed E-state index contributed by atoms with van der Waals surface area (Å²) in [6.45, 7) is 0. The van der Waals surface area contributed by atoms with Crippen molar-refractivity contribution in [2.24, 2.45) is 0 Å². The number of phenols is 1.